The van der Waals surface area contributed by atoms with Crippen LogP contribution in [0.2, 0.25) is 0 Å². The molecule has 86 valence electrons. The van der Waals surface area contributed by atoms with E-state index in [0.29, 0.717) is 0 Å². The van der Waals surface area contributed by atoms with E-state index in [4.69, 9.17) is 0 Å². The van der Waals surface area contributed by atoms with Gasteiger partial charge >= 0.3 is 0 Å². The Kier molecular flexibility index (Phi) is 5.14. The molecule has 0 spiro atoms. The van der Waals surface area contributed by atoms with Gasteiger partial charge in [0.05, 0.1) is 0 Å². The highest BCUT2D eigenvalue weighted by Crippen LogP contribution is 2.33. The third kappa shape index (κ3) is 3.52. The topological polar surface area (TPSA) is 0 Å². The molecular formula is C15H26. The fourth-order valence-electron chi connectivity index (χ4n) is 2.64. The molecule has 0 fully saturated rings. The maximum Gasteiger partial charge on any atom is -0.0200 e. The fourth-order valence-corrected chi connectivity index (χ4v) is 2.64. The molecule has 0 bridgehead atoms. The van der Waals surface area contributed by atoms with E-state index in [9.17, 15) is 0 Å². The lowest BCUT2D eigenvalue weighted by Gasteiger charge is -2.28. The Morgan fingerprint density at radius 1 is 1.60 bits per heavy atom. The Morgan fingerprint density at radius 3 is 2.80 bits per heavy atom. The summed E-state index contributed by atoms with van der Waals surface area (Å²) in [5.41, 5.74) is 1.71. The molecule has 1 aliphatic rings. The monoisotopic (exact) mass is 206 g/mol. The van der Waals surface area contributed by atoms with Crippen LogP contribution in [-0.2, 0) is 0 Å². The van der Waals surface area contributed by atoms with Gasteiger partial charge in [-0.2, -0.15) is 0 Å². The van der Waals surface area contributed by atoms with Gasteiger partial charge in [-0.3, -0.25) is 0 Å². The van der Waals surface area contributed by atoms with Crippen molar-refractivity contribution in [2.45, 2.75) is 52.9 Å². The summed E-state index contributed by atoms with van der Waals surface area (Å²) < 4.78 is 0. The van der Waals surface area contributed by atoms with Crippen molar-refractivity contribution in [3.63, 3.8) is 0 Å². The molecule has 1 aliphatic carbocycles. The highest BCUT2D eigenvalue weighted by Gasteiger charge is 2.20. The third-order valence-corrected chi connectivity index (χ3v) is 3.99. The summed E-state index contributed by atoms with van der Waals surface area (Å²) in [6.45, 7) is 10.9. The van der Waals surface area contributed by atoms with Crippen molar-refractivity contribution in [1.29, 1.82) is 0 Å². The minimum Gasteiger partial charge on any atom is -0.103 e. The molecule has 0 radical (unpaired) electrons. The van der Waals surface area contributed by atoms with Crippen molar-refractivity contribution in [3.8, 4) is 0 Å². The Labute approximate surface area is 95.5 Å². The minimum atomic E-state index is 0.764. The lowest BCUT2D eigenvalue weighted by atomic mass is 9.77. The molecule has 0 nitrogen and oxygen atoms in total. The van der Waals surface area contributed by atoms with E-state index in [1.54, 1.807) is 5.57 Å². The Bertz CT molecular complexity index is 224. The summed E-state index contributed by atoms with van der Waals surface area (Å²) in [6, 6.07) is 0. The molecule has 15 heavy (non-hydrogen) atoms. The molecule has 0 saturated heterocycles. The van der Waals surface area contributed by atoms with Gasteiger partial charge in [-0.05, 0) is 43.4 Å². The fraction of sp³-hybridized carbons (Fsp3) is 0.733. The van der Waals surface area contributed by atoms with Crippen LogP contribution in [0.1, 0.15) is 52.9 Å². The van der Waals surface area contributed by atoms with Crippen molar-refractivity contribution < 1.29 is 0 Å². The van der Waals surface area contributed by atoms with Crippen LogP contribution in [0.5, 0.6) is 0 Å². The molecular weight excluding hydrogens is 180 g/mol. The van der Waals surface area contributed by atoms with Gasteiger partial charge < -0.3 is 0 Å². The van der Waals surface area contributed by atoms with E-state index in [-0.39, 0.29) is 0 Å². The normalized spacial score (nSPS) is 25.5. The number of hydrogen-bond acceptors (Lipinski definition) is 0. The molecule has 3 unspecified atom stereocenters. The van der Waals surface area contributed by atoms with E-state index in [1.807, 2.05) is 0 Å². The summed E-state index contributed by atoms with van der Waals surface area (Å²) >= 11 is 0. The van der Waals surface area contributed by atoms with Crippen LogP contribution in [-0.4, -0.2) is 0 Å². The first kappa shape index (κ1) is 12.5. The van der Waals surface area contributed by atoms with Gasteiger partial charge in [0, 0.05) is 0 Å². The second kappa shape index (κ2) is 6.15. The summed E-state index contributed by atoms with van der Waals surface area (Å²) in [7, 11) is 0. The van der Waals surface area contributed by atoms with Gasteiger partial charge in [0.2, 0.25) is 0 Å². The van der Waals surface area contributed by atoms with Crippen LogP contribution >= 0.6 is 0 Å². The van der Waals surface area contributed by atoms with Crippen molar-refractivity contribution >= 4 is 0 Å². The largest absolute Gasteiger partial charge is 0.103 e. The van der Waals surface area contributed by atoms with Gasteiger partial charge in [0.1, 0.15) is 0 Å². The first-order valence-electron chi connectivity index (χ1n) is 6.48. The predicted molar refractivity (Wildman–Crippen MR) is 68.9 cm³/mol. The standard InChI is InChI=1S/C15H26/c1-5-7-14(6-2)13(4)15-10-8-12(3)9-11-15/h5,10,12-14H,1,6-9,11H2,2-4H3. The third-order valence-electron chi connectivity index (χ3n) is 3.99. The van der Waals surface area contributed by atoms with Crippen LogP contribution in [0.3, 0.4) is 0 Å². The van der Waals surface area contributed by atoms with E-state index < -0.39 is 0 Å². The average molecular weight is 206 g/mol. The van der Waals surface area contributed by atoms with Crippen molar-refractivity contribution in [2.75, 3.05) is 0 Å². The molecule has 0 aromatic heterocycles. The van der Waals surface area contributed by atoms with Gasteiger partial charge in [-0.1, -0.05) is 44.9 Å². The Morgan fingerprint density at radius 2 is 2.33 bits per heavy atom. The summed E-state index contributed by atoms with van der Waals surface area (Å²) in [4.78, 5) is 0. The van der Waals surface area contributed by atoms with Crippen LogP contribution in [0.15, 0.2) is 24.3 Å². The SMILES string of the molecule is C=CCC(CC)C(C)C1=CCC(C)CC1. The van der Waals surface area contributed by atoms with Gasteiger partial charge in [-0.15, -0.1) is 6.58 Å². The molecule has 0 heteroatoms. The Balaban J connectivity index is 2.57. The zero-order valence-electron chi connectivity index (χ0n) is 10.6. The molecule has 0 heterocycles. The van der Waals surface area contributed by atoms with E-state index in [0.717, 1.165) is 17.8 Å². The van der Waals surface area contributed by atoms with Crippen molar-refractivity contribution in [2.24, 2.45) is 17.8 Å². The van der Waals surface area contributed by atoms with Gasteiger partial charge in [-0.25, -0.2) is 0 Å². The van der Waals surface area contributed by atoms with Crippen molar-refractivity contribution in [1.82, 2.24) is 0 Å². The lowest BCUT2D eigenvalue weighted by Crippen LogP contribution is -2.16. The molecule has 1 rings (SSSR count). The first-order chi connectivity index (χ1) is 7.19. The maximum absolute atomic E-state index is 3.87. The minimum absolute atomic E-state index is 0.764. The van der Waals surface area contributed by atoms with Gasteiger partial charge in [0.15, 0.2) is 0 Å². The van der Waals surface area contributed by atoms with E-state index >= 15 is 0 Å². The van der Waals surface area contributed by atoms with Crippen LogP contribution < -0.4 is 0 Å². The average Bonchev–Trinajstić information content (AvgIpc) is 2.26. The van der Waals surface area contributed by atoms with Crippen LogP contribution in [0.4, 0.5) is 0 Å². The summed E-state index contributed by atoms with van der Waals surface area (Å²) in [5, 5.41) is 0. The Hall–Kier alpha value is -0.520. The maximum atomic E-state index is 3.87. The van der Waals surface area contributed by atoms with E-state index in [2.05, 4.69) is 39.5 Å². The molecule has 0 aromatic carbocycles. The number of hydrogen-bond donors (Lipinski definition) is 0. The van der Waals surface area contributed by atoms with Crippen LogP contribution in [0.25, 0.3) is 0 Å². The highest BCUT2D eigenvalue weighted by molar-refractivity contribution is 5.11. The summed E-state index contributed by atoms with van der Waals surface area (Å²) in [5.74, 6) is 2.48. The first-order valence-corrected chi connectivity index (χ1v) is 6.48. The van der Waals surface area contributed by atoms with E-state index in [1.165, 1.54) is 32.1 Å². The smallest absolute Gasteiger partial charge is 0.0200 e. The molecule has 0 amide bonds. The summed E-state index contributed by atoms with van der Waals surface area (Å²) in [6.07, 6.45) is 11.0. The number of allylic oxidation sites excluding steroid dienone is 3. The zero-order valence-corrected chi connectivity index (χ0v) is 10.6. The molecule has 0 saturated carbocycles. The quantitative estimate of drug-likeness (QED) is 0.557. The molecule has 0 aliphatic heterocycles. The zero-order chi connectivity index (χ0) is 11.3. The van der Waals surface area contributed by atoms with Gasteiger partial charge in [0.25, 0.3) is 0 Å². The highest BCUT2D eigenvalue weighted by atomic mass is 14.3. The number of rotatable bonds is 5. The van der Waals surface area contributed by atoms with Crippen molar-refractivity contribution in [3.05, 3.63) is 24.3 Å². The second-order valence-electron chi connectivity index (χ2n) is 5.14. The molecule has 3 atom stereocenters. The predicted octanol–water partition coefficient (Wildman–Crippen LogP) is 4.97. The second-order valence-corrected chi connectivity index (χ2v) is 5.14. The lowest BCUT2D eigenvalue weighted by molar-refractivity contribution is 0.368. The molecule has 0 N–H and O–H groups in total. The molecule has 0 aromatic rings. The van der Waals surface area contributed by atoms with Crippen LogP contribution in [0, 0.1) is 17.8 Å².